The molecule has 0 saturated carbocycles. The highest BCUT2D eigenvalue weighted by Gasteiger charge is 2.36. The molecule has 2 aliphatic heterocycles. The first-order chi connectivity index (χ1) is 11.1. The van der Waals surface area contributed by atoms with Crippen molar-refractivity contribution in [1.82, 2.24) is 10.2 Å². The summed E-state index contributed by atoms with van der Waals surface area (Å²) in [6.45, 7) is 3.96. The first-order valence-electron chi connectivity index (χ1n) is 8.47. The van der Waals surface area contributed by atoms with Crippen LogP contribution in [0.4, 0.5) is 0 Å². The molecule has 0 aliphatic carbocycles. The lowest BCUT2D eigenvalue weighted by molar-refractivity contribution is -0.137. The van der Waals surface area contributed by atoms with Gasteiger partial charge in [-0.3, -0.25) is 4.79 Å². The summed E-state index contributed by atoms with van der Waals surface area (Å²) in [5.74, 6) is 1.35. The predicted octanol–water partition coefficient (Wildman–Crippen LogP) is 3.93. The van der Waals surface area contributed by atoms with Gasteiger partial charge in [0.15, 0.2) is 0 Å². The molecule has 2 saturated heterocycles. The second-order valence-corrected chi connectivity index (χ2v) is 7.57. The Morgan fingerprint density at radius 2 is 2.17 bits per heavy atom. The zero-order chi connectivity index (χ0) is 16.4. The Bertz CT molecular complexity index is 584. The largest absolute Gasteiger partial charge is 0.496 e. The van der Waals surface area contributed by atoms with E-state index >= 15 is 0 Å². The standard InChI is InChI=1S/C18H25BrN2O2.ClH/c1-12-10-13(7-8-20-12)18(22)21-9-3-4-16(21)15-11-14(19)5-6-17(15)23-2;/h5-6,11-13,16,20H,3-4,7-10H2,1-2H3;1H/t12-,13-,16?;/m0./s1. The lowest BCUT2D eigenvalue weighted by atomic mass is 9.91. The van der Waals surface area contributed by atoms with Crippen molar-refractivity contribution in [2.45, 2.75) is 44.7 Å². The predicted molar refractivity (Wildman–Crippen MR) is 102 cm³/mol. The fraction of sp³-hybridized carbons (Fsp3) is 0.611. The van der Waals surface area contributed by atoms with Crippen LogP contribution in [0.3, 0.4) is 0 Å². The Morgan fingerprint density at radius 3 is 2.88 bits per heavy atom. The van der Waals surface area contributed by atoms with Gasteiger partial charge in [0.1, 0.15) is 5.75 Å². The number of carbonyl (C=O) groups excluding carboxylic acids is 1. The third-order valence-corrected chi connectivity index (χ3v) is 5.55. The van der Waals surface area contributed by atoms with Gasteiger partial charge in [0.05, 0.1) is 13.2 Å². The molecule has 1 N–H and O–H groups in total. The second kappa shape index (κ2) is 8.54. The summed E-state index contributed by atoms with van der Waals surface area (Å²) in [7, 11) is 1.70. The van der Waals surface area contributed by atoms with Gasteiger partial charge in [0.25, 0.3) is 0 Å². The van der Waals surface area contributed by atoms with Gasteiger partial charge in [-0.1, -0.05) is 15.9 Å². The molecular formula is C18H26BrClN2O2. The van der Waals surface area contributed by atoms with E-state index in [0.29, 0.717) is 11.9 Å². The van der Waals surface area contributed by atoms with Crippen LogP contribution in [0.15, 0.2) is 22.7 Å². The number of nitrogens with zero attached hydrogens (tertiary/aromatic N) is 1. The molecule has 1 aromatic carbocycles. The number of likely N-dealkylation sites (tertiary alicyclic amines) is 1. The summed E-state index contributed by atoms with van der Waals surface area (Å²) in [5.41, 5.74) is 1.12. The molecule has 24 heavy (non-hydrogen) atoms. The number of hydrogen-bond donors (Lipinski definition) is 1. The van der Waals surface area contributed by atoms with Crippen molar-refractivity contribution in [1.29, 1.82) is 0 Å². The van der Waals surface area contributed by atoms with E-state index in [1.54, 1.807) is 7.11 Å². The molecule has 3 rings (SSSR count). The third-order valence-electron chi connectivity index (χ3n) is 5.06. The molecular weight excluding hydrogens is 392 g/mol. The number of amides is 1. The number of piperidine rings is 1. The van der Waals surface area contributed by atoms with Crippen molar-refractivity contribution in [3.8, 4) is 5.75 Å². The van der Waals surface area contributed by atoms with E-state index < -0.39 is 0 Å². The molecule has 6 heteroatoms. The summed E-state index contributed by atoms with van der Waals surface area (Å²) < 4.78 is 6.57. The summed E-state index contributed by atoms with van der Waals surface area (Å²) in [4.78, 5) is 15.2. The average Bonchev–Trinajstić information content (AvgIpc) is 3.03. The van der Waals surface area contributed by atoms with Gasteiger partial charge < -0.3 is 15.0 Å². The van der Waals surface area contributed by atoms with Crippen LogP contribution in [-0.2, 0) is 4.79 Å². The molecule has 0 radical (unpaired) electrons. The lowest BCUT2D eigenvalue weighted by Gasteiger charge is -2.33. The van der Waals surface area contributed by atoms with Crippen molar-refractivity contribution < 1.29 is 9.53 Å². The number of halogens is 2. The van der Waals surface area contributed by atoms with Crippen LogP contribution in [0.5, 0.6) is 5.75 Å². The number of benzene rings is 1. The minimum atomic E-state index is 0. The zero-order valence-electron chi connectivity index (χ0n) is 14.3. The summed E-state index contributed by atoms with van der Waals surface area (Å²) in [6.07, 6.45) is 3.96. The van der Waals surface area contributed by atoms with Gasteiger partial charge in [0, 0.05) is 28.5 Å². The Labute approximate surface area is 158 Å². The normalized spacial score (nSPS) is 26.8. The van der Waals surface area contributed by atoms with Crippen LogP contribution >= 0.6 is 28.3 Å². The quantitative estimate of drug-likeness (QED) is 0.810. The Hall–Kier alpha value is -0.780. The SMILES string of the molecule is COc1ccc(Br)cc1C1CCCN1C(=O)[C@H]1CCN[C@@H](C)C1.Cl. The van der Waals surface area contributed by atoms with E-state index in [0.717, 1.165) is 54.6 Å². The van der Waals surface area contributed by atoms with Crippen LogP contribution in [-0.4, -0.2) is 37.0 Å². The van der Waals surface area contributed by atoms with Crippen molar-refractivity contribution in [2.24, 2.45) is 5.92 Å². The van der Waals surface area contributed by atoms with Gasteiger partial charge in [0.2, 0.25) is 5.91 Å². The molecule has 2 aliphatic rings. The van der Waals surface area contributed by atoms with Gasteiger partial charge in [-0.15, -0.1) is 12.4 Å². The number of nitrogens with one attached hydrogen (secondary N) is 1. The van der Waals surface area contributed by atoms with E-state index in [9.17, 15) is 4.79 Å². The topological polar surface area (TPSA) is 41.6 Å². The maximum atomic E-state index is 13.1. The maximum absolute atomic E-state index is 13.1. The molecule has 3 atom stereocenters. The molecule has 0 spiro atoms. The van der Waals surface area contributed by atoms with E-state index in [1.807, 2.05) is 12.1 Å². The van der Waals surface area contributed by atoms with Crippen LogP contribution in [0.2, 0.25) is 0 Å². The Kier molecular flexibility index (Phi) is 6.96. The summed E-state index contributed by atoms with van der Waals surface area (Å²) >= 11 is 3.55. The number of hydrogen-bond acceptors (Lipinski definition) is 3. The highest BCUT2D eigenvalue weighted by molar-refractivity contribution is 9.10. The molecule has 1 aromatic rings. The van der Waals surface area contributed by atoms with Crippen molar-refractivity contribution in [2.75, 3.05) is 20.2 Å². The molecule has 2 fully saturated rings. The van der Waals surface area contributed by atoms with Crippen molar-refractivity contribution in [3.63, 3.8) is 0 Å². The molecule has 134 valence electrons. The summed E-state index contributed by atoms with van der Waals surface area (Å²) in [5, 5.41) is 3.43. The lowest BCUT2D eigenvalue weighted by Crippen LogP contribution is -2.44. The van der Waals surface area contributed by atoms with Crippen LogP contribution in [0, 0.1) is 5.92 Å². The molecule has 2 heterocycles. The van der Waals surface area contributed by atoms with Crippen molar-refractivity contribution >= 4 is 34.2 Å². The monoisotopic (exact) mass is 416 g/mol. The van der Waals surface area contributed by atoms with Gasteiger partial charge in [-0.05, 0) is 57.4 Å². The number of ether oxygens (including phenoxy) is 1. The van der Waals surface area contributed by atoms with Crippen molar-refractivity contribution in [3.05, 3.63) is 28.2 Å². The first-order valence-corrected chi connectivity index (χ1v) is 9.26. The van der Waals surface area contributed by atoms with Crippen LogP contribution in [0.25, 0.3) is 0 Å². The van der Waals surface area contributed by atoms with E-state index in [1.165, 1.54) is 0 Å². The molecule has 0 aromatic heterocycles. The number of carbonyl (C=O) groups is 1. The average molecular weight is 418 g/mol. The smallest absolute Gasteiger partial charge is 0.226 e. The highest BCUT2D eigenvalue weighted by Crippen LogP contribution is 2.39. The first kappa shape index (κ1) is 19.5. The maximum Gasteiger partial charge on any atom is 0.226 e. The highest BCUT2D eigenvalue weighted by atomic mass is 79.9. The van der Waals surface area contributed by atoms with E-state index in [2.05, 4.69) is 39.1 Å². The van der Waals surface area contributed by atoms with Gasteiger partial charge >= 0.3 is 0 Å². The minimum absolute atomic E-state index is 0. The minimum Gasteiger partial charge on any atom is -0.496 e. The second-order valence-electron chi connectivity index (χ2n) is 6.65. The molecule has 1 amide bonds. The van der Waals surface area contributed by atoms with E-state index in [4.69, 9.17) is 4.74 Å². The molecule has 1 unspecified atom stereocenters. The zero-order valence-corrected chi connectivity index (χ0v) is 16.7. The fourth-order valence-corrected chi connectivity index (χ4v) is 4.29. The molecule has 4 nitrogen and oxygen atoms in total. The van der Waals surface area contributed by atoms with E-state index in [-0.39, 0.29) is 24.4 Å². The summed E-state index contributed by atoms with van der Waals surface area (Å²) in [6, 6.07) is 6.63. The fourth-order valence-electron chi connectivity index (χ4n) is 3.91. The third kappa shape index (κ3) is 4.06. The Morgan fingerprint density at radius 1 is 1.38 bits per heavy atom. The Balaban J connectivity index is 0.00000208. The molecule has 0 bridgehead atoms. The van der Waals surface area contributed by atoms with Gasteiger partial charge in [-0.25, -0.2) is 0 Å². The number of rotatable bonds is 3. The number of methoxy groups -OCH3 is 1. The van der Waals surface area contributed by atoms with Crippen LogP contribution in [0.1, 0.15) is 44.2 Å². The van der Waals surface area contributed by atoms with Gasteiger partial charge in [-0.2, -0.15) is 0 Å². The van der Waals surface area contributed by atoms with Crippen LogP contribution < -0.4 is 10.1 Å².